The van der Waals surface area contributed by atoms with Crippen molar-refractivity contribution in [2.45, 2.75) is 44.2 Å². The van der Waals surface area contributed by atoms with Crippen molar-refractivity contribution in [3.63, 3.8) is 0 Å². The van der Waals surface area contributed by atoms with Gasteiger partial charge >= 0.3 is 15.5 Å². The van der Waals surface area contributed by atoms with Crippen molar-refractivity contribution in [1.82, 2.24) is 0 Å². The van der Waals surface area contributed by atoms with E-state index in [1.165, 1.54) is 0 Å². The highest BCUT2D eigenvalue weighted by Crippen LogP contribution is 2.25. The van der Waals surface area contributed by atoms with E-state index in [2.05, 4.69) is 8.85 Å². The molecule has 2 atom stereocenters. The van der Waals surface area contributed by atoms with Crippen LogP contribution in [0.4, 0.5) is 39.5 Å². The second-order valence-electron chi connectivity index (χ2n) is 3.23. The van der Waals surface area contributed by atoms with Crippen LogP contribution in [-0.2, 0) is 8.85 Å². The molecule has 0 saturated heterocycles. The molecule has 19 heavy (non-hydrogen) atoms. The van der Waals surface area contributed by atoms with E-state index in [1.807, 2.05) is 0 Å². The summed E-state index contributed by atoms with van der Waals surface area (Å²) in [7, 11) is -3.99. The van der Waals surface area contributed by atoms with Crippen LogP contribution in [0.25, 0.3) is 0 Å². The maximum atomic E-state index is 12.4. The number of hydrogen-bond acceptors (Lipinski definition) is 2. The van der Waals surface area contributed by atoms with Crippen molar-refractivity contribution in [2.75, 3.05) is 0 Å². The van der Waals surface area contributed by atoms with Crippen LogP contribution in [0.3, 0.4) is 0 Å². The maximum Gasteiger partial charge on any atom is 0.389 e. The molecule has 0 N–H and O–H groups in total. The van der Waals surface area contributed by atoms with Gasteiger partial charge in [0.25, 0.3) is 25.6 Å². The molecule has 0 rings (SSSR count). The highest BCUT2D eigenvalue weighted by atomic mass is 28.3. The van der Waals surface area contributed by atoms with Gasteiger partial charge in [0.05, 0.1) is 0 Å². The Hall–Kier alpha value is -0.493. The molecular weight excluding hydrogens is 315 g/mol. The Morgan fingerprint density at radius 1 is 0.789 bits per heavy atom. The van der Waals surface area contributed by atoms with E-state index < -0.39 is 53.5 Å². The van der Waals surface area contributed by atoms with Crippen LogP contribution in [-0.4, -0.2) is 41.0 Å². The van der Waals surface area contributed by atoms with Gasteiger partial charge in [-0.2, -0.15) is 13.2 Å². The third kappa shape index (κ3) is 9.10. The summed E-state index contributed by atoms with van der Waals surface area (Å²) in [5.74, 6) is 0. The number of alkyl halides is 9. The van der Waals surface area contributed by atoms with Gasteiger partial charge in [-0.05, 0) is 6.04 Å². The molecule has 0 aromatic heterocycles. The van der Waals surface area contributed by atoms with Crippen LogP contribution in [0.15, 0.2) is 0 Å². The van der Waals surface area contributed by atoms with E-state index in [1.54, 1.807) is 0 Å². The molecule has 0 bridgehead atoms. The van der Waals surface area contributed by atoms with Gasteiger partial charge in [-0.3, -0.25) is 0 Å². The smallest absolute Gasteiger partial charge is 0.362 e. The Balaban J connectivity index is 4.46. The summed E-state index contributed by atoms with van der Waals surface area (Å²) in [6.07, 6.45) is -20.4. The molecule has 0 heterocycles. The van der Waals surface area contributed by atoms with Gasteiger partial charge in [-0.15, -0.1) is 0 Å². The number of halogens is 9. The minimum Gasteiger partial charge on any atom is -0.362 e. The third-order valence-electron chi connectivity index (χ3n) is 1.62. The molecule has 2 nitrogen and oxygen atoms in total. The van der Waals surface area contributed by atoms with Crippen molar-refractivity contribution in [2.24, 2.45) is 0 Å². The lowest BCUT2D eigenvalue weighted by Crippen LogP contribution is -2.35. The van der Waals surface area contributed by atoms with E-state index in [0.29, 0.717) is 0 Å². The molecular formula is C7H9F9O2Si. The summed E-state index contributed by atoms with van der Waals surface area (Å²) >= 11 is 0. The second-order valence-corrected chi connectivity index (χ2v) is 5.21. The Labute approximate surface area is 103 Å². The van der Waals surface area contributed by atoms with Crippen molar-refractivity contribution in [3.05, 3.63) is 0 Å². The molecule has 0 spiro atoms. The number of hydrogen-bond donors (Lipinski definition) is 0. The summed E-state index contributed by atoms with van der Waals surface area (Å²) in [4.78, 5) is 0. The van der Waals surface area contributed by atoms with Crippen LogP contribution >= 0.6 is 0 Å². The van der Waals surface area contributed by atoms with E-state index in [9.17, 15) is 39.5 Å². The highest BCUT2D eigenvalue weighted by molar-refractivity contribution is 6.44. The van der Waals surface area contributed by atoms with Gasteiger partial charge in [0, 0.05) is 6.42 Å². The van der Waals surface area contributed by atoms with Gasteiger partial charge in [-0.1, -0.05) is 0 Å². The fraction of sp³-hybridized carbons (Fsp3) is 1.00. The third-order valence-corrected chi connectivity index (χ3v) is 3.51. The SMILES string of the molecule is FC(F)C(F)O[SiH](CCC(F)(F)F)OC(F)C(F)F. The Kier molecular flexibility index (Phi) is 7.74. The minimum absolute atomic E-state index is 1.16. The number of rotatable bonds is 8. The lowest BCUT2D eigenvalue weighted by Gasteiger charge is -2.21. The quantitative estimate of drug-likeness (QED) is 0.504. The van der Waals surface area contributed by atoms with Crippen molar-refractivity contribution < 1.29 is 48.4 Å². The zero-order valence-electron chi connectivity index (χ0n) is 9.02. The standard InChI is InChI=1S/C7H9F9O2Si/c8-3(9)5(12)17-19(2-1-7(14,15)16)18-6(13)4(10)11/h3-6,19H,1-2H2. The average molecular weight is 324 g/mol. The van der Waals surface area contributed by atoms with Gasteiger partial charge in [0.15, 0.2) is 0 Å². The lowest BCUT2D eigenvalue weighted by atomic mass is 10.5. The summed E-state index contributed by atoms with van der Waals surface area (Å²) < 4.78 is 115. The molecule has 0 aromatic rings. The first kappa shape index (κ1) is 18.5. The minimum atomic E-state index is -4.76. The summed E-state index contributed by atoms with van der Waals surface area (Å²) in [6, 6.07) is -1.16. The van der Waals surface area contributed by atoms with Gasteiger partial charge in [-0.25, -0.2) is 26.3 Å². The topological polar surface area (TPSA) is 18.5 Å². The van der Waals surface area contributed by atoms with Crippen LogP contribution in [0, 0.1) is 0 Å². The molecule has 0 saturated carbocycles. The van der Waals surface area contributed by atoms with E-state index in [4.69, 9.17) is 0 Å². The predicted octanol–water partition coefficient (Wildman–Crippen LogP) is 3.31. The van der Waals surface area contributed by atoms with Crippen molar-refractivity contribution >= 4 is 9.28 Å². The largest absolute Gasteiger partial charge is 0.389 e. The molecule has 2 unspecified atom stereocenters. The fourth-order valence-electron chi connectivity index (χ4n) is 0.858. The van der Waals surface area contributed by atoms with Crippen LogP contribution in [0.5, 0.6) is 0 Å². The average Bonchev–Trinajstić information content (AvgIpc) is 2.24. The first-order chi connectivity index (χ1) is 8.53. The van der Waals surface area contributed by atoms with Gasteiger partial charge in [0.1, 0.15) is 0 Å². The Morgan fingerprint density at radius 3 is 1.42 bits per heavy atom. The highest BCUT2D eigenvalue weighted by Gasteiger charge is 2.35. The molecule has 0 aromatic carbocycles. The molecule has 0 fully saturated rings. The van der Waals surface area contributed by atoms with Crippen LogP contribution < -0.4 is 0 Å². The van der Waals surface area contributed by atoms with Crippen molar-refractivity contribution in [3.8, 4) is 0 Å². The fourth-order valence-corrected chi connectivity index (χ4v) is 2.58. The Morgan fingerprint density at radius 2 is 1.16 bits per heavy atom. The zero-order chi connectivity index (χ0) is 15.2. The second kappa shape index (κ2) is 7.94. The monoisotopic (exact) mass is 324 g/mol. The predicted molar refractivity (Wildman–Crippen MR) is 46.6 cm³/mol. The first-order valence-electron chi connectivity index (χ1n) is 4.75. The van der Waals surface area contributed by atoms with Crippen LogP contribution in [0.1, 0.15) is 6.42 Å². The maximum absolute atomic E-state index is 12.4. The van der Waals surface area contributed by atoms with E-state index in [-0.39, 0.29) is 0 Å². The van der Waals surface area contributed by atoms with Gasteiger partial charge in [0.2, 0.25) is 0 Å². The summed E-state index contributed by atoms with van der Waals surface area (Å²) in [6.45, 7) is 0. The van der Waals surface area contributed by atoms with Gasteiger partial charge < -0.3 is 8.85 Å². The molecule has 0 amide bonds. The molecule has 116 valence electrons. The molecule has 0 aliphatic rings. The Bertz CT molecular complexity index is 233. The molecule has 0 aliphatic heterocycles. The van der Waals surface area contributed by atoms with Crippen LogP contribution in [0.2, 0.25) is 6.04 Å². The van der Waals surface area contributed by atoms with E-state index >= 15 is 0 Å². The first-order valence-corrected chi connectivity index (χ1v) is 6.51. The van der Waals surface area contributed by atoms with Crippen molar-refractivity contribution in [1.29, 1.82) is 0 Å². The van der Waals surface area contributed by atoms with E-state index in [0.717, 1.165) is 0 Å². The molecule has 0 aliphatic carbocycles. The zero-order valence-corrected chi connectivity index (χ0v) is 10.2. The molecule has 12 heteroatoms. The summed E-state index contributed by atoms with van der Waals surface area (Å²) in [5.41, 5.74) is 0. The normalized spacial score (nSPS) is 17.8. The summed E-state index contributed by atoms with van der Waals surface area (Å²) in [5, 5.41) is 0. The lowest BCUT2D eigenvalue weighted by molar-refractivity contribution is -0.137. The molecule has 0 radical (unpaired) electrons.